The monoisotopic (exact) mass is 256 g/mol. The Kier molecular flexibility index (Phi) is 7.92. The third-order valence-electron chi connectivity index (χ3n) is 2.30. The Bertz CT molecular complexity index is 185. The lowest BCUT2D eigenvalue weighted by atomic mass is 10.3. The molecule has 1 rings (SSSR count). The summed E-state index contributed by atoms with van der Waals surface area (Å²) in [6, 6.07) is 0. The van der Waals surface area contributed by atoms with Crippen LogP contribution in [0.15, 0.2) is 0 Å². The van der Waals surface area contributed by atoms with Gasteiger partial charge in [0.05, 0.1) is 6.61 Å². The van der Waals surface area contributed by atoms with Crippen molar-refractivity contribution in [2.24, 2.45) is 0 Å². The highest BCUT2D eigenvalue weighted by molar-refractivity contribution is 6.18. The first-order valence-corrected chi connectivity index (χ1v) is 5.51. The first-order valence-electron chi connectivity index (χ1n) is 4.98. The van der Waals surface area contributed by atoms with Gasteiger partial charge in [-0.15, -0.1) is 24.0 Å². The minimum absolute atomic E-state index is 0. The molecule has 15 heavy (non-hydrogen) atoms. The molecule has 1 aliphatic heterocycles. The molecule has 1 aliphatic rings. The van der Waals surface area contributed by atoms with Crippen molar-refractivity contribution < 1.29 is 9.53 Å². The molecule has 0 unspecified atom stereocenters. The molecule has 0 atom stereocenters. The Labute approximate surface area is 102 Å². The lowest BCUT2D eigenvalue weighted by Gasteiger charge is -2.33. The summed E-state index contributed by atoms with van der Waals surface area (Å²) in [5.41, 5.74) is 0. The number of alkyl halides is 1. The molecule has 90 valence electrons. The average Bonchev–Trinajstić information content (AvgIpc) is 2.20. The van der Waals surface area contributed by atoms with Gasteiger partial charge in [-0.05, 0) is 6.92 Å². The molecule has 4 nitrogen and oxygen atoms in total. The molecule has 1 saturated heterocycles. The molecule has 1 amide bonds. The Morgan fingerprint density at radius 2 is 1.93 bits per heavy atom. The van der Waals surface area contributed by atoms with E-state index < -0.39 is 0 Å². The van der Waals surface area contributed by atoms with Crippen molar-refractivity contribution in [1.29, 1.82) is 0 Å². The van der Waals surface area contributed by atoms with Crippen molar-refractivity contribution in [2.75, 3.05) is 45.2 Å². The molecule has 0 bridgehead atoms. The summed E-state index contributed by atoms with van der Waals surface area (Å²) in [5, 5.41) is 0. The highest BCUT2D eigenvalue weighted by Crippen LogP contribution is 2.03. The van der Waals surface area contributed by atoms with Crippen LogP contribution < -0.4 is 0 Å². The smallest absolute Gasteiger partial charge is 0.409 e. The van der Waals surface area contributed by atoms with E-state index in [2.05, 4.69) is 4.90 Å². The van der Waals surface area contributed by atoms with Gasteiger partial charge in [0, 0.05) is 38.6 Å². The van der Waals surface area contributed by atoms with Crippen LogP contribution in [0.1, 0.15) is 6.92 Å². The van der Waals surface area contributed by atoms with Crippen LogP contribution in [0.4, 0.5) is 4.79 Å². The highest BCUT2D eigenvalue weighted by atomic mass is 35.5. The largest absolute Gasteiger partial charge is 0.450 e. The number of nitrogens with zero attached hydrogens (tertiary/aromatic N) is 2. The first kappa shape index (κ1) is 14.8. The third-order valence-corrected chi connectivity index (χ3v) is 2.47. The van der Waals surface area contributed by atoms with Crippen LogP contribution >= 0.6 is 24.0 Å². The summed E-state index contributed by atoms with van der Waals surface area (Å²) in [4.78, 5) is 15.3. The quantitative estimate of drug-likeness (QED) is 0.717. The number of rotatable bonds is 3. The number of piperazine rings is 1. The maximum atomic E-state index is 11.3. The Balaban J connectivity index is 0.00000196. The molecule has 0 saturated carbocycles. The van der Waals surface area contributed by atoms with Crippen LogP contribution in [0, 0.1) is 0 Å². The Morgan fingerprint density at radius 1 is 1.33 bits per heavy atom. The summed E-state index contributed by atoms with van der Waals surface area (Å²) in [5.74, 6) is 0.652. The van der Waals surface area contributed by atoms with Crippen molar-refractivity contribution in [3.05, 3.63) is 0 Å². The Morgan fingerprint density at radius 3 is 2.40 bits per heavy atom. The van der Waals surface area contributed by atoms with Crippen LogP contribution in [0.2, 0.25) is 0 Å². The summed E-state index contributed by atoms with van der Waals surface area (Å²) in [7, 11) is 0. The second kappa shape index (κ2) is 8.02. The topological polar surface area (TPSA) is 32.8 Å². The van der Waals surface area contributed by atoms with E-state index in [1.54, 1.807) is 4.90 Å². The first-order chi connectivity index (χ1) is 6.77. The van der Waals surface area contributed by atoms with Crippen LogP contribution in [0.3, 0.4) is 0 Å². The molecule has 0 aliphatic carbocycles. The molecule has 0 aromatic rings. The molecule has 6 heteroatoms. The fourth-order valence-electron chi connectivity index (χ4n) is 1.49. The molecule has 1 heterocycles. The maximum Gasteiger partial charge on any atom is 0.409 e. The SMILES string of the molecule is CCOC(=O)N1CCN(CCCl)CC1.Cl. The van der Waals surface area contributed by atoms with E-state index in [0.717, 1.165) is 32.7 Å². The standard InChI is InChI=1S/C9H17ClN2O2.ClH/c1-2-14-9(13)12-7-5-11(4-3-10)6-8-12;/h2-8H2,1H3;1H. The van der Waals surface area contributed by atoms with Crippen molar-refractivity contribution in [3.8, 4) is 0 Å². The molecule has 0 aromatic heterocycles. The van der Waals surface area contributed by atoms with Gasteiger partial charge >= 0.3 is 6.09 Å². The van der Waals surface area contributed by atoms with Gasteiger partial charge in [0.2, 0.25) is 0 Å². The fourth-order valence-corrected chi connectivity index (χ4v) is 1.73. The zero-order chi connectivity index (χ0) is 10.4. The van der Waals surface area contributed by atoms with E-state index in [9.17, 15) is 4.79 Å². The van der Waals surface area contributed by atoms with E-state index in [4.69, 9.17) is 16.3 Å². The van der Waals surface area contributed by atoms with Gasteiger partial charge in [0.15, 0.2) is 0 Å². The van der Waals surface area contributed by atoms with Crippen LogP contribution in [0.5, 0.6) is 0 Å². The van der Waals surface area contributed by atoms with Gasteiger partial charge in [-0.2, -0.15) is 0 Å². The maximum absolute atomic E-state index is 11.3. The molecular formula is C9H18Cl2N2O2. The van der Waals surface area contributed by atoms with Crippen molar-refractivity contribution in [2.45, 2.75) is 6.92 Å². The zero-order valence-electron chi connectivity index (χ0n) is 8.95. The number of halogens is 2. The summed E-state index contributed by atoms with van der Waals surface area (Å²) >= 11 is 5.64. The van der Waals surface area contributed by atoms with Crippen LogP contribution in [-0.2, 0) is 4.74 Å². The molecule has 1 fully saturated rings. The number of carbonyl (C=O) groups excluding carboxylic acids is 1. The van der Waals surface area contributed by atoms with Crippen molar-refractivity contribution >= 4 is 30.1 Å². The van der Waals surface area contributed by atoms with Gasteiger partial charge in [0.1, 0.15) is 0 Å². The molecular weight excluding hydrogens is 239 g/mol. The van der Waals surface area contributed by atoms with E-state index in [1.165, 1.54) is 0 Å². The lowest BCUT2D eigenvalue weighted by molar-refractivity contribution is 0.0812. The van der Waals surface area contributed by atoms with Crippen molar-refractivity contribution in [3.63, 3.8) is 0 Å². The molecule has 0 N–H and O–H groups in total. The van der Waals surface area contributed by atoms with Gasteiger partial charge in [-0.1, -0.05) is 0 Å². The predicted molar refractivity (Wildman–Crippen MR) is 63.0 cm³/mol. The van der Waals surface area contributed by atoms with Crippen LogP contribution in [-0.4, -0.2) is 61.1 Å². The molecule has 0 aromatic carbocycles. The molecule has 0 spiro atoms. The number of carbonyl (C=O) groups is 1. The van der Waals surface area contributed by atoms with E-state index in [-0.39, 0.29) is 18.5 Å². The van der Waals surface area contributed by atoms with E-state index in [1.807, 2.05) is 6.92 Å². The molecule has 0 radical (unpaired) electrons. The summed E-state index contributed by atoms with van der Waals surface area (Å²) in [6.45, 7) is 6.45. The normalized spacial score (nSPS) is 17.1. The highest BCUT2D eigenvalue weighted by Gasteiger charge is 2.20. The van der Waals surface area contributed by atoms with Crippen molar-refractivity contribution in [1.82, 2.24) is 9.80 Å². The van der Waals surface area contributed by atoms with E-state index in [0.29, 0.717) is 12.5 Å². The second-order valence-corrected chi connectivity index (χ2v) is 3.59. The third kappa shape index (κ3) is 4.91. The minimum Gasteiger partial charge on any atom is -0.450 e. The van der Waals surface area contributed by atoms with Crippen LogP contribution in [0.25, 0.3) is 0 Å². The Hall–Kier alpha value is -0.190. The summed E-state index contributed by atoms with van der Waals surface area (Å²) < 4.78 is 4.92. The fraction of sp³-hybridized carbons (Fsp3) is 0.889. The minimum atomic E-state index is -0.196. The summed E-state index contributed by atoms with van der Waals surface area (Å²) in [6.07, 6.45) is -0.196. The van der Waals surface area contributed by atoms with Gasteiger partial charge in [-0.3, -0.25) is 4.90 Å². The lowest BCUT2D eigenvalue weighted by Crippen LogP contribution is -2.49. The van der Waals surface area contributed by atoms with Gasteiger partial charge < -0.3 is 9.64 Å². The van der Waals surface area contributed by atoms with Gasteiger partial charge in [0.25, 0.3) is 0 Å². The second-order valence-electron chi connectivity index (χ2n) is 3.22. The van der Waals surface area contributed by atoms with E-state index >= 15 is 0 Å². The predicted octanol–water partition coefficient (Wildman–Crippen LogP) is 1.42. The number of hydrogen-bond acceptors (Lipinski definition) is 3. The number of ether oxygens (including phenoxy) is 1. The zero-order valence-corrected chi connectivity index (χ0v) is 10.5. The number of amides is 1. The van der Waals surface area contributed by atoms with Gasteiger partial charge in [-0.25, -0.2) is 4.79 Å². The average molecular weight is 257 g/mol. The number of hydrogen-bond donors (Lipinski definition) is 0.